The van der Waals surface area contributed by atoms with Crippen LogP contribution >= 0.6 is 0 Å². The third kappa shape index (κ3) is 10.6. The van der Waals surface area contributed by atoms with Gasteiger partial charge >= 0.3 is 14.5 Å². The summed E-state index contributed by atoms with van der Waals surface area (Å²) < 4.78 is 26.9. The van der Waals surface area contributed by atoms with Crippen LogP contribution in [0.3, 0.4) is 0 Å². The number of ether oxygens (including phenoxy) is 3. The molecule has 0 heterocycles. The summed E-state index contributed by atoms with van der Waals surface area (Å²) in [6.07, 6.45) is 1.65. The zero-order valence-corrected chi connectivity index (χ0v) is 14.6. The lowest BCUT2D eigenvalue weighted by atomic mass is 10.3. The molecular weight excluding hydrogens is 292 g/mol. The summed E-state index contributed by atoms with van der Waals surface area (Å²) in [5.41, 5.74) is 0. The van der Waals surface area contributed by atoms with Gasteiger partial charge in [0.15, 0.2) is 0 Å². The van der Waals surface area contributed by atoms with Gasteiger partial charge in [-0.25, -0.2) is 4.79 Å². The average molecular weight is 320 g/mol. The highest BCUT2D eigenvalue weighted by Crippen LogP contribution is 2.18. The van der Waals surface area contributed by atoms with Crippen LogP contribution < -0.4 is 0 Å². The lowest BCUT2D eigenvalue weighted by Crippen LogP contribution is -2.41. The highest BCUT2D eigenvalue weighted by Gasteiger charge is 2.32. The van der Waals surface area contributed by atoms with E-state index in [1.165, 1.54) is 0 Å². The highest BCUT2D eigenvalue weighted by atomic mass is 28.4. The van der Waals surface area contributed by atoms with Crippen molar-refractivity contribution in [2.24, 2.45) is 0 Å². The van der Waals surface area contributed by atoms with E-state index in [0.717, 1.165) is 12.1 Å². The fraction of sp³-hybridized carbons (Fsp3) is 0.786. The van der Waals surface area contributed by atoms with Crippen molar-refractivity contribution in [3.05, 3.63) is 12.7 Å². The Kier molecular flexibility index (Phi) is 11.5. The fourth-order valence-electron chi connectivity index (χ4n) is 1.64. The van der Waals surface area contributed by atoms with Gasteiger partial charge in [0.2, 0.25) is 0 Å². The molecule has 0 amide bonds. The van der Waals surface area contributed by atoms with Crippen molar-refractivity contribution in [3.8, 4) is 0 Å². The number of hydrogen-bond donors (Lipinski definition) is 0. The number of hydrogen-bond acceptors (Lipinski definition) is 6. The molecule has 7 heteroatoms. The fourth-order valence-corrected chi connectivity index (χ4v) is 3.97. The smallest absolute Gasteiger partial charge is 0.335 e. The summed E-state index contributed by atoms with van der Waals surface area (Å²) in [4.78, 5) is 11.1. The first-order valence-corrected chi connectivity index (χ1v) is 9.58. The first-order chi connectivity index (χ1) is 9.97. The van der Waals surface area contributed by atoms with E-state index in [-0.39, 0.29) is 6.10 Å². The van der Waals surface area contributed by atoms with E-state index in [4.69, 9.17) is 23.1 Å². The Morgan fingerprint density at radius 3 is 2.10 bits per heavy atom. The molecule has 0 N–H and O–H groups in total. The maximum absolute atomic E-state index is 11.1. The van der Waals surface area contributed by atoms with Gasteiger partial charge in [0.05, 0.1) is 32.5 Å². The summed E-state index contributed by atoms with van der Waals surface area (Å²) >= 11 is 0. The number of carbonyl (C=O) groups is 1. The van der Waals surface area contributed by atoms with Gasteiger partial charge in [-0.2, -0.15) is 0 Å². The normalized spacial score (nSPS) is 13.0. The molecule has 0 aromatic rings. The van der Waals surface area contributed by atoms with Crippen molar-refractivity contribution in [1.29, 1.82) is 0 Å². The second kappa shape index (κ2) is 11.9. The second-order valence-corrected chi connectivity index (χ2v) is 8.15. The largest absolute Gasteiger partial charge is 0.460 e. The van der Waals surface area contributed by atoms with Gasteiger partial charge in [-0.15, -0.1) is 0 Å². The maximum atomic E-state index is 11.1. The van der Waals surface area contributed by atoms with Crippen LogP contribution in [-0.4, -0.2) is 61.3 Å². The molecule has 0 aliphatic carbocycles. The molecule has 124 valence electrons. The van der Waals surface area contributed by atoms with Crippen LogP contribution in [0.4, 0.5) is 0 Å². The van der Waals surface area contributed by atoms with E-state index in [1.807, 2.05) is 13.5 Å². The predicted molar refractivity (Wildman–Crippen MR) is 82.4 cm³/mol. The molecule has 21 heavy (non-hydrogen) atoms. The van der Waals surface area contributed by atoms with E-state index in [1.54, 1.807) is 14.2 Å². The van der Waals surface area contributed by atoms with Crippen LogP contribution in [0.5, 0.6) is 0 Å². The van der Waals surface area contributed by atoms with Crippen molar-refractivity contribution in [2.75, 3.05) is 40.6 Å². The van der Waals surface area contributed by atoms with Crippen LogP contribution in [0.15, 0.2) is 12.7 Å². The van der Waals surface area contributed by atoms with Gasteiger partial charge in [0.1, 0.15) is 0 Å². The average Bonchev–Trinajstić information content (AvgIpc) is 2.46. The molecule has 0 saturated carbocycles. The summed E-state index contributed by atoms with van der Waals surface area (Å²) in [6.45, 7) is 9.26. The minimum absolute atomic E-state index is 0.195. The van der Waals surface area contributed by atoms with E-state index in [2.05, 4.69) is 6.58 Å². The molecule has 0 aliphatic heterocycles. The third-order valence-electron chi connectivity index (χ3n) is 2.88. The van der Waals surface area contributed by atoms with Gasteiger partial charge < -0.3 is 23.1 Å². The quantitative estimate of drug-likeness (QED) is 0.223. The second-order valence-electron chi connectivity index (χ2n) is 4.81. The summed E-state index contributed by atoms with van der Waals surface area (Å²) in [6, 6.07) is 0.728. The van der Waals surface area contributed by atoms with Crippen molar-refractivity contribution >= 4 is 14.5 Å². The van der Waals surface area contributed by atoms with Crippen LogP contribution in [0.2, 0.25) is 12.6 Å². The van der Waals surface area contributed by atoms with Crippen molar-refractivity contribution in [1.82, 2.24) is 0 Å². The van der Waals surface area contributed by atoms with E-state index in [0.29, 0.717) is 32.8 Å². The third-order valence-corrected chi connectivity index (χ3v) is 5.71. The topological polar surface area (TPSA) is 63.2 Å². The molecular formula is C14H28O6Si. The Morgan fingerprint density at radius 1 is 1.14 bits per heavy atom. The van der Waals surface area contributed by atoms with Crippen molar-refractivity contribution in [3.63, 3.8) is 0 Å². The zero-order valence-electron chi connectivity index (χ0n) is 13.6. The molecule has 0 spiro atoms. The minimum Gasteiger partial charge on any atom is -0.460 e. The zero-order chi connectivity index (χ0) is 16.1. The van der Waals surface area contributed by atoms with E-state index >= 15 is 0 Å². The summed E-state index contributed by atoms with van der Waals surface area (Å²) in [5, 5.41) is 0. The minimum atomic E-state index is -2.33. The standard InChI is InChI=1S/C14H28O6Si/c1-6-14(15)20-13(2)7-12-21(5,18-10-8-16-3)19-11-9-17-4/h6,13H,1,7-12H2,2-5H3. The Bertz CT molecular complexity index is 287. The Morgan fingerprint density at radius 2 is 1.67 bits per heavy atom. The van der Waals surface area contributed by atoms with Crippen LogP contribution in [0, 0.1) is 0 Å². The predicted octanol–water partition coefficient (Wildman–Crippen LogP) is 1.89. The number of esters is 1. The van der Waals surface area contributed by atoms with Gasteiger partial charge in [-0.1, -0.05) is 6.58 Å². The monoisotopic (exact) mass is 320 g/mol. The van der Waals surface area contributed by atoms with Gasteiger partial charge in [0.25, 0.3) is 0 Å². The SMILES string of the molecule is C=CC(=O)OC(C)CC[Si](C)(OCCOC)OCCOC. The molecule has 0 aliphatic rings. The molecule has 0 saturated heterocycles. The van der Waals surface area contributed by atoms with Crippen molar-refractivity contribution in [2.45, 2.75) is 32.0 Å². The summed E-state index contributed by atoms with van der Waals surface area (Å²) in [5.74, 6) is -0.411. The number of methoxy groups -OCH3 is 2. The van der Waals surface area contributed by atoms with E-state index in [9.17, 15) is 4.79 Å². The van der Waals surface area contributed by atoms with Crippen LogP contribution in [-0.2, 0) is 27.9 Å². The Labute approximate surface area is 128 Å². The number of carbonyl (C=O) groups excluding carboxylic acids is 1. The van der Waals surface area contributed by atoms with Crippen LogP contribution in [0.25, 0.3) is 0 Å². The van der Waals surface area contributed by atoms with Gasteiger partial charge in [0, 0.05) is 20.3 Å². The number of rotatable bonds is 13. The molecule has 0 fully saturated rings. The van der Waals surface area contributed by atoms with Crippen LogP contribution in [0.1, 0.15) is 13.3 Å². The molecule has 0 bridgehead atoms. The molecule has 0 aromatic heterocycles. The summed E-state index contributed by atoms with van der Waals surface area (Å²) in [7, 11) is 0.935. The molecule has 0 aromatic carbocycles. The van der Waals surface area contributed by atoms with Crippen molar-refractivity contribution < 1.29 is 27.9 Å². The maximum Gasteiger partial charge on any atom is 0.335 e. The Balaban J connectivity index is 4.29. The van der Waals surface area contributed by atoms with E-state index < -0.39 is 14.5 Å². The lowest BCUT2D eigenvalue weighted by Gasteiger charge is -2.28. The Hall–Kier alpha value is -0.733. The molecule has 6 nitrogen and oxygen atoms in total. The molecule has 0 rings (SSSR count). The highest BCUT2D eigenvalue weighted by molar-refractivity contribution is 6.66. The molecule has 0 radical (unpaired) electrons. The van der Waals surface area contributed by atoms with Gasteiger partial charge in [-0.3, -0.25) is 0 Å². The first-order valence-electron chi connectivity index (χ1n) is 7.06. The van der Waals surface area contributed by atoms with Gasteiger partial charge in [-0.05, 0) is 25.9 Å². The molecule has 1 atom stereocenters. The first kappa shape index (κ1) is 20.3. The molecule has 1 unspecified atom stereocenters. The lowest BCUT2D eigenvalue weighted by molar-refractivity contribution is -0.142.